The number of nitrogens with one attached hydrogen (secondary N) is 1. The number of nitrogens with zero attached hydrogens (tertiary/aromatic N) is 3. The van der Waals surface area contributed by atoms with Gasteiger partial charge in [0.25, 0.3) is 5.88 Å². The van der Waals surface area contributed by atoms with E-state index in [1.807, 2.05) is 13.8 Å². The highest BCUT2D eigenvalue weighted by Crippen LogP contribution is 2.22. The van der Waals surface area contributed by atoms with Gasteiger partial charge >= 0.3 is 0 Å². The maximum Gasteiger partial charge on any atom is 0.257 e. The van der Waals surface area contributed by atoms with Crippen LogP contribution in [0.5, 0.6) is 5.88 Å². The van der Waals surface area contributed by atoms with E-state index in [0.29, 0.717) is 11.9 Å². The van der Waals surface area contributed by atoms with E-state index in [1.54, 1.807) is 12.4 Å². The summed E-state index contributed by atoms with van der Waals surface area (Å²) in [6.07, 6.45) is 8.38. The van der Waals surface area contributed by atoms with E-state index >= 15 is 0 Å². The van der Waals surface area contributed by atoms with Gasteiger partial charge in [-0.15, -0.1) is 0 Å². The van der Waals surface area contributed by atoms with Crippen molar-refractivity contribution in [2.24, 2.45) is 0 Å². The lowest BCUT2D eigenvalue weighted by Gasteiger charge is -2.32. The molecule has 0 atom stereocenters. The zero-order valence-corrected chi connectivity index (χ0v) is 13.5. The molecule has 1 saturated heterocycles. The summed E-state index contributed by atoms with van der Waals surface area (Å²) in [5, 5.41) is 3.51. The van der Waals surface area contributed by atoms with Crippen LogP contribution < -0.4 is 10.1 Å². The number of aromatic nitrogens is 2. The number of likely N-dealkylation sites (tertiary alicyclic amines) is 1. The lowest BCUT2D eigenvalue weighted by Crippen LogP contribution is -2.39. The van der Waals surface area contributed by atoms with E-state index < -0.39 is 0 Å². The van der Waals surface area contributed by atoms with Gasteiger partial charge in [-0.05, 0) is 39.7 Å². The van der Waals surface area contributed by atoms with Crippen LogP contribution in [0, 0.1) is 0 Å². The molecule has 2 heterocycles. The minimum atomic E-state index is 0.109. The number of ether oxygens (including phenoxy) is 1. The van der Waals surface area contributed by atoms with Crippen molar-refractivity contribution in [2.75, 3.05) is 25.0 Å². The standard InChI is InChI=1S/C16H28N4O/c1-4-5-10-20-11-6-14(7-12-20)19-15-16(21-13(2)3)18-9-8-17-15/h8-9,13-14H,4-7,10-12H2,1-3H3,(H,17,19). The topological polar surface area (TPSA) is 50.3 Å². The number of piperidine rings is 1. The molecule has 0 bridgehead atoms. The summed E-state index contributed by atoms with van der Waals surface area (Å²) >= 11 is 0. The molecule has 1 N–H and O–H groups in total. The molecule has 1 aliphatic rings. The Morgan fingerprint density at radius 1 is 1.29 bits per heavy atom. The molecular formula is C16H28N4O. The van der Waals surface area contributed by atoms with Crippen molar-refractivity contribution < 1.29 is 4.74 Å². The van der Waals surface area contributed by atoms with Gasteiger partial charge in [0.15, 0.2) is 5.82 Å². The zero-order chi connectivity index (χ0) is 15.1. The number of rotatable bonds is 7. The van der Waals surface area contributed by atoms with E-state index in [9.17, 15) is 0 Å². The number of unbranched alkanes of at least 4 members (excludes halogenated alkanes) is 1. The van der Waals surface area contributed by atoms with Crippen LogP contribution >= 0.6 is 0 Å². The molecule has 21 heavy (non-hydrogen) atoms. The van der Waals surface area contributed by atoms with E-state index in [-0.39, 0.29) is 6.10 Å². The fourth-order valence-electron chi connectivity index (χ4n) is 2.61. The van der Waals surface area contributed by atoms with Crippen LogP contribution in [-0.2, 0) is 0 Å². The van der Waals surface area contributed by atoms with Crippen LogP contribution in [0.4, 0.5) is 5.82 Å². The predicted molar refractivity (Wildman–Crippen MR) is 85.8 cm³/mol. The quantitative estimate of drug-likeness (QED) is 0.837. The largest absolute Gasteiger partial charge is 0.472 e. The summed E-state index contributed by atoms with van der Waals surface area (Å²) < 4.78 is 5.71. The second-order valence-electron chi connectivity index (χ2n) is 5.99. The predicted octanol–water partition coefficient (Wildman–Crippen LogP) is 2.94. The Hall–Kier alpha value is -1.36. The first kappa shape index (κ1) is 16.0. The first-order valence-electron chi connectivity index (χ1n) is 8.15. The molecule has 0 aliphatic carbocycles. The Bertz CT molecular complexity index is 416. The van der Waals surface area contributed by atoms with Gasteiger partial charge in [-0.3, -0.25) is 0 Å². The normalized spacial score (nSPS) is 17.1. The second kappa shape index (κ2) is 8.17. The van der Waals surface area contributed by atoms with Gasteiger partial charge in [0.1, 0.15) is 0 Å². The average Bonchev–Trinajstić information content (AvgIpc) is 2.48. The lowest BCUT2D eigenvalue weighted by atomic mass is 10.0. The molecule has 1 aliphatic heterocycles. The molecule has 5 nitrogen and oxygen atoms in total. The SMILES string of the molecule is CCCCN1CCC(Nc2nccnc2OC(C)C)CC1. The van der Waals surface area contributed by atoms with Gasteiger partial charge in [-0.2, -0.15) is 0 Å². The fourth-order valence-corrected chi connectivity index (χ4v) is 2.61. The van der Waals surface area contributed by atoms with Crippen molar-refractivity contribution in [1.29, 1.82) is 0 Å². The molecule has 0 aromatic carbocycles. The summed E-state index contributed by atoms with van der Waals surface area (Å²) in [6, 6.07) is 0.467. The highest BCUT2D eigenvalue weighted by atomic mass is 16.5. The summed E-state index contributed by atoms with van der Waals surface area (Å²) in [4.78, 5) is 11.2. The molecule has 2 rings (SSSR count). The van der Waals surface area contributed by atoms with Crippen molar-refractivity contribution in [3.63, 3.8) is 0 Å². The molecule has 1 aromatic rings. The average molecular weight is 292 g/mol. The monoisotopic (exact) mass is 292 g/mol. The maximum atomic E-state index is 5.71. The summed E-state index contributed by atoms with van der Waals surface area (Å²) in [6.45, 7) is 9.82. The van der Waals surface area contributed by atoms with Gasteiger partial charge in [-0.1, -0.05) is 13.3 Å². The van der Waals surface area contributed by atoms with Gasteiger partial charge in [-0.25, -0.2) is 9.97 Å². The Labute approximate surface area is 128 Å². The molecule has 0 saturated carbocycles. The van der Waals surface area contributed by atoms with Crippen molar-refractivity contribution in [1.82, 2.24) is 14.9 Å². The van der Waals surface area contributed by atoms with Gasteiger partial charge in [0.05, 0.1) is 6.10 Å². The lowest BCUT2D eigenvalue weighted by molar-refractivity contribution is 0.214. The molecule has 1 fully saturated rings. The second-order valence-corrected chi connectivity index (χ2v) is 5.99. The summed E-state index contributed by atoms with van der Waals surface area (Å²) in [5.41, 5.74) is 0. The molecule has 0 unspecified atom stereocenters. The van der Waals surface area contributed by atoms with E-state index in [2.05, 4.69) is 27.1 Å². The van der Waals surface area contributed by atoms with Crippen molar-refractivity contribution in [3.05, 3.63) is 12.4 Å². The molecule has 5 heteroatoms. The van der Waals surface area contributed by atoms with Crippen molar-refractivity contribution in [3.8, 4) is 5.88 Å². The third-order valence-electron chi connectivity index (χ3n) is 3.77. The zero-order valence-electron chi connectivity index (χ0n) is 13.5. The summed E-state index contributed by atoms with van der Waals surface area (Å²) in [5.74, 6) is 1.39. The molecule has 0 amide bonds. The Kier molecular flexibility index (Phi) is 6.23. The van der Waals surface area contributed by atoms with Crippen molar-refractivity contribution in [2.45, 2.75) is 58.6 Å². The Morgan fingerprint density at radius 3 is 2.67 bits per heavy atom. The minimum absolute atomic E-state index is 0.109. The Balaban J connectivity index is 1.86. The minimum Gasteiger partial charge on any atom is -0.472 e. The summed E-state index contributed by atoms with van der Waals surface area (Å²) in [7, 11) is 0. The molecular weight excluding hydrogens is 264 g/mol. The van der Waals surface area contributed by atoms with Gasteiger partial charge < -0.3 is 15.0 Å². The number of hydrogen-bond donors (Lipinski definition) is 1. The van der Waals surface area contributed by atoms with Crippen LogP contribution in [0.25, 0.3) is 0 Å². The molecule has 118 valence electrons. The first-order chi connectivity index (χ1) is 10.2. The van der Waals surface area contributed by atoms with Gasteiger partial charge in [0, 0.05) is 31.5 Å². The van der Waals surface area contributed by atoms with E-state index in [4.69, 9.17) is 4.74 Å². The fraction of sp³-hybridized carbons (Fsp3) is 0.750. The van der Waals surface area contributed by atoms with Crippen LogP contribution in [0.1, 0.15) is 46.5 Å². The third-order valence-corrected chi connectivity index (χ3v) is 3.77. The van der Waals surface area contributed by atoms with Crippen molar-refractivity contribution >= 4 is 5.82 Å². The first-order valence-corrected chi connectivity index (χ1v) is 8.15. The smallest absolute Gasteiger partial charge is 0.257 e. The van der Waals surface area contributed by atoms with E-state index in [0.717, 1.165) is 31.7 Å². The van der Waals surface area contributed by atoms with Gasteiger partial charge in [0.2, 0.25) is 0 Å². The van der Waals surface area contributed by atoms with Crippen LogP contribution in [0.15, 0.2) is 12.4 Å². The molecule has 0 radical (unpaired) electrons. The third kappa shape index (κ3) is 5.16. The number of hydrogen-bond acceptors (Lipinski definition) is 5. The van der Waals surface area contributed by atoms with Crippen LogP contribution in [-0.4, -0.2) is 46.6 Å². The Morgan fingerprint density at radius 2 is 2.00 bits per heavy atom. The van der Waals surface area contributed by atoms with E-state index in [1.165, 1.54) is 19.4 Å². The highest BCUT2D eigenvalue weighted by molar-refractivity contribution is 5.45. The number of anilines is 1. The highest BCUT2D eigenvalue weighted by Gasteiger charge is 2.20. The maximum absolute atomic E-state index is 5.71. The molecule has 1 aromatic heterocycles. The van der Waals surface area contributed by atoms with Crippen LogP contribution in [0.3, 0.4) is 0 Å². The van der Waals surface area contributed by atoms with Crippen LogP contribution in [0.2, 0.25) is 0 Å². The molecule has 0 spiro atoms.